The molecule has 0 fully saturated rings. The second kappa shape index (κ2) is 7.67. The Kier molecular flexibility index (Phi) is 6.54. The fourth-order valence-corrected chi connectivity index (χ4v) is 2.14. The van der Waals surface area contributed by atoms with Crippen molar-refractivity contribution < 1.29 is 29.5 Å². The zero-order valence-corrected chi connectivity index (χ0v) is 13.7. The van der Waals surface area contributed by atoms with Gasteiger partial charge >= 0.3 is 21.1 Å². The monoisotopic (exact) mass is 431 g/mol. The van der Waals surface area contributed by atoms with Gasteiger partial charge in [0.25, 0.3) is 0 Å². The molecule has 0 saturated carbocycles. The molecule has 1 atom stereocenters. The van der Waals surface area contributed by atoms with Crippen molar-refractivity contribution in [1.82, 2.24) is 5.32 Å². The predicted octanol–water partition coefficient (Wildman–Crippen LogP) is 1.82. The van der Waals surface area contributed by atoms with Gasteiger partial charge in [0.15, 0.2) is 11.1 Å². The topological polar surface area (TPSA) is 38.3 Å². The molecule has 1 aromatic carbocycles. The molecule has 1 aliphatic rings. The molecule has 5 heteroatoms. The standard InChI is InChI=1S/C13H13NO2S.W/c1-16-17(15)13-9-12(7-8-14-10-13)11-5-3-2-4-6-11;/h2-5,10,14H,7-8H2,1H3;/q-2;+2. The Bertz CT molecular complexity index is 471. The first-order valence-electron chi connectivity index (χ1n) is 5.31. The molecule has 0 radical (unpaired) electrons. The van der Waals surface area contributed by atoms with E-state index in [4.69, 9.17) is 4.18 Å². The molecule has 2 rings (SSSR count). The van der Waals surface area contributed by atoms with Gasteiger partial charge in [-0.05, 0) is 11.4 Å². The third-order valence-electron chi connectivity index (χ3n) is 2.39. The molecule has 1 heterocycles. The van der Waals surface area contributed by atoms with E-state index in [1.54, 1.807) is 6.20 Å². The van der Waals surface area contributed by atoms with Gasteiger partial charge in [0.2, 0.25) is 0 Å². The van der Waals surface area contributed by atoms with Gasteiger partial charge in [-0.3, -0.25) is 4.18 Å². The summed E-state index contributed by atoms with van der Waals surface area (Å²) in [4.78, 5) is 0.525. The maximum atomic E-state index is 11.6. The van der Waals surface area contributed by atoms with Crippen molar-refractivity contribution in [2.24, 2.45) is 0 Å². The molecule has 1 aromatic rings. The second-order valence-electron chi connectivity index (χ2n) is 3.49. The molecule has 0 bridgehead atoms. The van der Waals surface area contributed by atoms with Crippen molar-refractivity contribution in [1.29, 1.82) is 0 Å². The Hall–Kier alpha value is -0.702. The first-order valence-corrected chi connectivity index (χ1v) is 6.38. The molecule has 0 aromatic heterocycles. The SMILES string of the molecule is COS(=O)C1=CNCCC(c2[c-]cccc2)=[C-]1.[W+2]. The smallest absolute Gasteiger partial charge is 0.441 e. The average Bonchev–Trinajstić information content (AvgIpc) is 2.64. The number of allylic oxidation sites excluding steroid dienone is 1. The number of nitrogens with one attached hydrogen (secondary N) is 1. The van der Waals surface area contributed by atoms with Gasteiger partial charge in [-0.1, -0.05) is 12.6 Å². The summed E-state index contributed by atoms with van der Waals surface area (Å²) in [6.07, 6.45) is 5.65. The number of benzene rings is 1. The van der Waals surface area contributed by atoms with Gasteiger partial charge in [0.1, 0.15) is 0 Å². The van der Waals surface area contributed by atoms with Crippen LogP contribution < -0.4 is 5.32 Å². The molecule has 0 spiro atoms. The van der Waals surface area contributed by atoms with Crippen LogP contribution >= 0.6 is 0 Å². The molecule has 0 saturated heterocycles. The van der Waals surface area contributed by atoms with Crippen molar-refractivity contribution in [3.05, 3.63) is 53.1 Å². The molecule has 94 valence electrons. The molecule has 1 aliphatic heterocycles. The van der Waals surface area contributed by atoms with E-state index < -0.39 is 11.1 Å². The summed E-state index contributed by atoms with van der Waals surface area (Å²) in [5.41, 5.74) is 1.97. The quantitative estimate of drug-likeness (QED) is 0.743. The van der Waals surface area contributed by atoms with E-state index in [1.807, 2.05) is 24.3 Å². The fourth-order valence-electron chi connectivity index (χ4n) is 1.57. The van der Waals surface area contributed by atoms with E-state index in [1.165, 1.54) is 7.11 Å². The third-order valence-corrected chi connectivity index (χ3v) is 3.27. The largest absolute Gasteiger partial charge is 2.00 e. The van der Waals surface area contributed by atoms with Gasteiger partial charge in [-0.15, -0.1) is 6.07 Å². The van der Waals surface area contributed by atoms with E-state index in [0.29, 0.717) is 4.91 Å². The van der Waals surface area contributed by atoms with Crippen LogP contribution in [0.5, 0.6) is 0 Å². The Labute approximate surface area is 124 Å². The maximum Gasteiger partial charge on any atom is 2.00 e. The second-order valence-corrected chi connectivity index (χ2v) is 4.74. The molecule has 1 N–H and O–H groups in total. The van der Waals surface area contributed by atoms with Crippen LogP contribution in [0.2, 0.25) is 0 Å². The minimum absolute atomic E-state index is 0. The van der Waals surface area contributed by atoms with Crippen molar-refractivity contribution in [3.63, 3.8) is 0 Å². The Morgan fingerprint density at radius 3 is 2.94 bits per heavy atom. The fraction of sp³-hybridized carbons (Fsp3) is 0.231. The van der Waals surface area contributed by atoms with E-state index in [-0.39, 0.29) is 21.1 Å². The number of hydrogen-bond acceptors (Lipinski definition) is 3. The summed E-state index contributed by atoms with van der Waals surface area (Å²) < 4.78 is 16.4. The predicted molar refractivity (Wildman–Crippen MR) is 67.8 cm³/mol. The molecule has 0 amide bonds. The molecular formula is C13H13NO2SW. The number of rotatable bonds is 3. The van der Waals surface area contributed by atoms with Crippen molar-refractivity contribution >= 4 is 16.7 Å². The zero-order chi connectivity index (χ0) is 12.1. The first kappa shape index (κ1) is 15.4. The van der Waals surface area contributed by atoms with Crippen molar-refractivity contribution in [2.75, 3.05) is 13.7 Å². The van der Waals surface area contributed by atoms with Crippen LogP contribution in [0.1, 0.15) is 12.0 Å². The summed E-state index contributed by atoms with van der Waals surface area (Å²) in [6.45, 7) is 0.787. The first-order chi connectivity index (χ1) is 8.31. The molecule has 18 heavy (non-hydrogen) atoms. The van der Waals surface area contributed by atoms with Crippen LogP contribution in [0.25, 0.3) is 5.57 Å². The Morgan fingerprint density at radius 1 is 1.44 bits per heavy atom. The van der Waals surface area contributed by atoms with E-state index in [2.05, 4.69) is 17.5 Å². The van der Waals surface area contributed by atoms with Gasteiger partial charge < -0.3 is 5.32 Å². The summed E-state index contributed by atoms with van der Waals surface area (Å²) >= 11 is -1.47. The van der Waals surface area contributed by atoms with Crippen LogP contribution in [0.15, 0.2) is 35.4 Å². The van der Waals surface area contributed by atoms with Crippen LogP contribution in [0.4, 0.5) is 0 Å². The Morgan fingerprint density at radius 2 is 2.28 bits per heavy atom. The minimum Gasteiger partial charge on any atom is -0.441 e. The molecule has 0 aliphatic carbocycles. The van der Waals surface area contributed by atoms with Gasteiger partial charge in [0, 0.05) is 0 Å². The minimum atomic E-state index is -1.47. The average molecular weight is 431 g/mol. The molecule has 1 unspecified atom stereocenters. The van der Waals surface area contributed by atoms with E-state index in [0.717, 1.165) is 24.1 Å². The summed E-state index contributed by atoms with van der Waals surface area (Å²) in [7, 11) is 1.41. The van der Waals surface area contributed by atoms with Crippen LogP contribution in [0, 0.1) is 12.1 Å². The normalized spacial score (nSPS) is 16.5. The maximum absolute atomic E-state index is 11.6. The van der Waals surface area contributed by atoms with Crippen LogP contribution in [0.3, 0.4) is 0 Å². The van der Waals surface area contributed by atoms with Crippen molar-refractivity contribution in [2.45, 2.75) is 6.42 Å². The summed E-state index contributed by atoms with van der Waals surface area (Å²) in [5.74, 6) is 0. The van der Waals surface area contributed by atoms with Crippen LogP contribution in [-0.2, 0) is 36.3 Å². The molecular weight excluding hydrogens is 418 g/mol. The molecule has 3 nitrogen and oxygen atoms in total. The zero-order valence-electron chi connectivity index (χ0n) is 9.93. The van der Waals surface area contributed by atoms with Crippen LogP contribution in [-0.4, -0.2) is 17.9 Å². The van der Waals surface area contributed by atoms with E-state index in [9.17, 15) is 4.21 Å². The number of hydrogen-bond donors (Lipinski definition) is 1. The van der Waals surface area contributed by atoms with E-state index >= 15 is 0 Å². The van der Waals surface area contributed by atoms with Gasteiger partial charge in [0.05, 0.1) is 7.11 Å². The Balaban J connectivity index is 0.00000162. The third kappa shape index (κ3) is 3.91. The van der Waals surface area contributed by atoms with Gasteiger partial charge in [-0.2, -0.15) is 18.2 Å². The summed E-state index contributed by atoms with van der Waals surface area (Å²) in [5, 5.41) is 3.08. The van der Waals surface area contributed by atoms with Gasteiger partial charge in [-0.25, -0.2) is 27.5 Å². The van der Waals surface area contributed by atoms with Crippen molar-refractivity contribution in [3.8, 4) is 0 Å². The summed E-state index contributed by atoms with van der Waals surface area (Å²) in [6, 6.07) is 10.9.